The predicted molar refractivity (Wildman–Crippen MR) is 78.0 cm³/mol. The lowest BCUT2D eigenvalue weighted by Gasteiger charge is -1.99. The molecule has 0 radical (unpaired) electrons. The maximum absolute atomic E-state index is 14.0. The number of halogens is 2. The molecule has 4 rings (SSSR count). The van der Waals surface area contributed by atoms with Crippen LogP contribution in [0.4, 0.5) is 4.39 Å². The number of benzene rings is 1. The first kappa shape index (κ1) is 12.7. The van der Waals surface area contributed by atoms with Crippen LogP contribution in [0.5, 0.6) is 0 Å². The van der Waals surface area contributed by atoms with Gasteiger partial charge in [0, 0.05) is 10.4 Å². The highest BCUT2D eigenvalue weighted by atomic mass is 35.5. The zero-order chi connectivity index (χ0) is 14.4. The van der Waals surface area contributed by atoms with Gasteiger partial charge in [0.25, 0.3) is 0 Å². The molecule has 10 heteroatoms. The first-order valence-electron chi connectivity index (χ1n) is 5.67. The van der Waals surface area contributed by atoms with Gasteiger partial charge in [0.1, 0.15) is 11.5 Å². The number of hydrogen-bond acceptors (Lipinski definition) is 7. The van der Waals surface area contributed by atoms with Crippen LogP contribution in [0, 0.1) is 5.82 Å². The normalized spacial score (nSPS) is 11.3. The van der Waals surface area contributed by atoms with E-state index < -0.39 is 5.82 Å². The smallest absolute Gasteiger partial charge is 0.206 e. The second-order valence-corrected chi connectivity index (χ2v) is 6.04. The molecule has 0 aliphatic heterocycles. The minimum Gasteiger partial charge on any atom is -0.206 e. The summed E-state index contributed by atoms with van der Waals surface area (Å²) in [6, 6.07) is 4.26. The average molecular weight is 339 g/mol. The third kappa shape index (κ3) is 2.09. The van der Waals surface area contributed by atoms with E-state index in [1.807, 2.05) is 0 Å². The summed E-state index contributed by atoms with van der Waals surface area (Å²) in [6.45, 7) is 0. The molecule has 0 aliphatic carbocycles. The molecule has 0 saturated heterocycles. The van der Waals surface area contributed by atoms with Crippen LogP contribution in [0.15, 0.2) is 23.6 Å². The summed E-state index contributed by atoms with van der Waals surface area (Å²) in [5, 5.41) is 19.2. The Balaban J connectivity index is 1.92. The Morgan fingerprint density at radius 2 is 2.10 bits per heavy atom. The zero-order valence-corrected chi connectivity index (χ0v) is 12.5. The van der Waals surface area contributed by atoms with Gasteiger partial charge in [0.15, 0.2) is 10.8 Å². The molecular formula is C11H4ClFN6S2. The van der Waals surface area contributed by atoms with E-state index in [0.717, 1.165) is 0 Å². The average Bonchev–Trinajstić information content (AvgIpc) is 3.15. The van der Waals surface area contributed by atoms with Crippen molar-refractivity contribution in [1.82, 2.24) is 29.4 Å². The number of fused-ring (bicyclic) bond motifs is 1. The molecule has 0 unspecified atom stereocenters. The third-order valence-electron chi connectivity index (χ3n) is 2.74. The van der Waals surface area contributed by atoms with Crippen LogP contribution in [-0.4, -0.2) is 29.4 Å². The molecule has 104 valence electrons. The highest BCUT2D eigenvalue weighted by Crippen LogP contribution is 2.29. The molecule has 0 N–H and O–H groups in total. The fourth-order valence-corrected chi connectivity index (χ4v) is 3.30. The Bertz CT molecular complexity index is 932. The van der Waals surface area contributed by atoms with Crippen molar-refractivity contribution < 1.29 is 4.39 Å². The van der Waals surface area contributed by atoms with E-state index in [4.69, 9.17) is 11.6 Å². The van der Waals surface area contributed by atoms with E-state index in [-0.39, 0.29) is 5.56 Å². The van der Waals surface area contributed by atoms with Gasteiger partial charge in [-0.15, -0.1) is 15.3 Å². The lowest BCUT2D eigenvalue weighted by atomic mass is 10.2. The van der Waals surface area contributed by atoms with E-state index >= 15 is 0 Å². The SMILES string of the molecule is Fc1ccc(Cl)cc1-c1nnc2sc(-c3csnn3)nn12. The van der Waals surface area contributed by atoms with Gasteiger partial charge >= 0.3 is 0 Å². The lowest BCUT2D eigenvalue weighted by Crippen LogP contribution is -1.94. The summed E-state index contributed by atoms with van der Waals surface area (Å²) >= 11 is 8.45. The molecule has 3 aromatic heterocycles. The summed E-state index contributed by atoms with van der Waals surface area (Å²) in [4.78, 5) is 0.548. The Morgan fingerprint density at radius 3 is 2.90 bits per heavy atom. The second-order valence-electron chi connectivity index (χ2n) is 4.04. The summed E-state index contributed by atoms with van der Waals surface area (Å²) in [5.74, 6) is -0.130. The van der Waals surface area contributed by atoms with Crippen molar-refractivity contribution in [3.8, 4) is 22.1 Å². The minimum atomic E-state index is -0.432. The molecule has 21 heavy (non-hydrogen) atoms. The van der Waals surface area contributed by atoms with Crippen molar-refractivity contribution in [2.24, 2.45) is 0 Å². The Labute approximate surface area is 130 Å². The Kier molecular flexibility index (Phi) is 2.91. The Hall–Kier alpha value is -1.97. The van der Waals surface area contributed by atoms with Gasteiger partial charge in [-0.2, -0.15) is 9.61 Å². The molecule has 6 nitrogen and oxygen atoms in total. The summed E-state index contributed by atoms with van der Waals surface area (Å²) < 4.78 is 19.2. The molecule has 0 amide bonds. The lowest BCUT2D eigenvalue weighted by molar-refractivity contribution is 0.629. The highest BCUT2D eigenvalue weighted by molar-refractivity contribution is 7.20. The van der Waals surface area contributed by atoms with E-state index in [0.29, 0.717) is 26.5 Å². The van der Waals surface area contributed by atoms with Crippen LogP contribution in [0.25, 0.3) is 27.1 Å². The van der Waals surface area contributed by atoms with Crippen LogP contribution >= 0.6 is 34.5 Å². The number of rotatable bonds is 2. The van der Waals surface area contributed by atoms with E-state index in [1.165, 1.54) is 45.6 Å². The first-order chi connectivity index (χ1) is 10.2. The van der Waals surface area contributed by atoms with Gasteiger partial charge in [-0.05, 0) is 29.7 Å². The van der Waals surface area contributed by atoms with Crippen molar-refractivity contribution in [2.45, 2.75) is 0 Å². The van der Waals surface area contributed by atoms with Gasteiger partial charge in [-0.1, -0.05) is 27.4 Å². The predicted octanol–water partition coefficient (Wildman–Crippen LogP) is 3.16. The van der Waals surface area contributed by atoms with Crippen molar-refractivity contribution in [1.29, 1.82) is 0 Å². The fourth-order valence-electron chi connectivity index (χ4n) is 1.82. The van der Waals surface area contributed by atoms with Crippen molar-refractivity contribution >= 4 is 39.4 Å². The number of hydrogen-bond donors (Lipinski definition) is 0. The number of aromatic nitrogens is 6. The van der Waals surface area contributed by atoms with Crippen LogP contribution in [0.2, 0.25) is 5.02 Å². The second kappa shape index (κ2) is 4.79. The molecule has 0 fully saturated rings. The highest BCUT2D eigenvalue weighted by Gasteiger charge is 2.18. The molecule has 0 spiro atoms. The molecular weight excluding hydrogens is 335 g/mol. The van der Waals surface area contributed by atoms with Crippen LogP contribution in [0.1, 0.15) is 0 Å². The standard InChI is InChI=1S/C11H4ClFN6S2/c12-5-1-2-7(13)6(3-5)9-15-16-11-19(9)17-10(21-11)8-4-20-18-14-8/h1-4H. The van der Waals surface area contributed by atoms with E-state index in [2.05, 4.69) is 24.9 Å². The summed E-state index contributed by atoms with van der Waals surface area (Å²) in [7, 11) is 0. The number of nitrogens with zero attached hydrogens (tertiary/aromatic N) is 6. The summed E-state index contributed by atoms with van der Waals surface area (Å²) in [5.41, 5.74) is 0.913. The van der Waals surface area contributed by atoms with Crippen molar-refractivity contribution in [3.63, 3.8) is 0 Å². The molecule has 0 atom stereocenters. The minimum absolute atomic E-state index is 0.253. The van der Waals surface area contributed by atoms with Gasteiger partial charge in [0.2, 0.25) is 4.96 Å². The molecule has 1 aromatic carbocycles. The molecule has 0 saturated carbocycles. The van der Waals surface area contributed by atoms with E-state index in [9.17, 15) is 4.39 Å². The topological polar surface area (TPSA) is 68.9 Å². The monoisotopic (exact) mass is 338 g/mol. The summed E-state index contributed by atoms with van der Waals surface area (Å²) in [6.07, 6.45) is 0. The first-order valence-corrected chi connectivity index (χ1v) is 7.70. The van der Waals surface area contributed by atoms with Gasteiger partial charge < -0.3 is 0 Å². The Morgan fingerprint density at radius 1 is 1.19 bits per heavy atom. The quantitative estimate of drug-likeness (QED) is 0.561. The zero-order valence-electron chi connectivity index (χ0n) is 10.1. The molecule has 0 bridgehead atoms. The molecule has 3 heterocycles. The maximum atomic E-state index is 14.0. The van der Waals surface area contributed by atoms with Crippen LogP contribution in [-0.2, 0) is 0 Å². The fraction of sp³-hybridized carbons (Fsp3) is 0. The van der Waals surface area contributed by atoms with Crippen molar-refractivity contribution in [2.75, 3.05) is 0 Å². The van der Waals surface area contributed by atoms with Gasteiger partial charge in [0.05, 0.1) is 5.56 Å². The maximum Gasteiger partial charge on any atom is 0.235 e. The largest absolute Gasteiger partial charge is 0.235 e. The van der Waals surface area contributed by atoms with Crippen molar-refractivity contribution in [3.05, 3.63) is 34.4 Å². The molecule has 0 aliphatic rings. The molecule has 4 aromatic rings. The van der Waals surface area contributed by atoms with E-state index in [1.54, 1.807) is 5.38 Å². The van der Waals surface area contributed by atoms with Crippen LogP contribution < -0.4 is 0 Å². The van der Waals surface area contributed by atoms with Crippen LogP contribution in [0.3, 0.4) is 0 Å². The van der Waals surface area contributed by atoms with Gasteiger partial charge in [-0.3, -0.25) is 0 Å². The third-order valence-corrected chi connectivity index (χ3v) is 4.40. The van der Waals surface area contributed by atoms with Gasteiger partial charge in [-0.25, -0.2) is 4.39 Å².